The molecule has 7 heteroatoms. The summed E-state index contributed by atoms with van der Waals surface area (Å²) in [6.45, 7) is 0. The minimum atomic E-state index is -0.358. The third-order valence-corrected chi connectivity index (χ3v) is 4.91. The summed E-state index contributed by atoms with van der Waals surface area (Å²) in [7, 11) is 3.02. The first-order valence-electron chi connectivity index (χ1n) is 8.87. The van der Waals surface area contributed by atoms with E-state index in [9.17, 15) is 4.79 Å². The fourth-order valence-electron chi connectivity index (χ4n) is 3.17. The Morgan fingerprint density at radius 3 is 2.55 bits per heavy atom. The molecule has 0 unspecified atom stereocenters. The van der Waals surface area contributed by atoms with E-state index in [2.05, 4.69) is 15.5 Å². The minimum Gasteiger partial charge on any atom is -0.495 e. The van der Waals surface area contributed by atoms with Gasteiger partial charge in [0.15, 0.2) is 0 Å². The van der Waals surface area contributed by atoms with Gasteiger partial charge in [0.1, 0.15) is 17.2 Å². The Hall–Kier alpha value is -3.51. The van der Waals surface area contributed by atoms with Gasteiger partial charge >= 0.3 is 0 Å². The lowest BCUT2D eigenvalue weighted by Gasteiger charge is -2.12. The largest absolute Gasteiger partial charge is 0.495 e. The quantitative estimate of drug-likeness (QED) is 0.479. The predicted molar refractivity (Wildman–Crippen MR) is 114 cm³/mol. The molecule has 0 atom stereocenters. The molecular formula is C22H18ClN3O3. The number of methoxy groups -OCH3 is 2. The Morgan fingerprint density at radius 2 is 1.76 bits per heavy atom. The standard InChI is InChI=1S/C22H18ClN3O3/c1-28-20-12-21(29-2)18(10-16(20)23)24-22(27)19-11-17(25-26-19)15-9-5-7-13-6-3-4-8-14(13)15/h3-12H,1-2H3,(H,24,27)(H,25,26). The topological polar surface area (TPSA) is 76.2 Å². The van der Waals surface area contributed by atoms with Gasteiger partial charge in [0, 0.05) is 11.6 Å². The van der Waals surface area contributed by atoms with E-state index in [-0.39, 0.29) is 5.91 Å². The lowest BCUT2D eigenvalue weighted by Crippen LogP contribution is -2.13. The van der Waals surface area contributed by atoms with E-state index in [0.29, 0.717) is 33.6 Å². The van der Waals surface area contributed by atoms with Crippen molar-refractivity contribution in [3.05, 3.63) is 71.4 Å². The van der Waals surface area contributed by atoms with Gasteiger partial charge in [0.05, 0.1) is 30.6 Å². The molecule has 0 radical (unpaired) electrons. The number of halogens is 1. The van der Waals surface area contributed by atoms with E-state index in [1.54, 1.807) is 18.2 Å². The van der Waals surface area contributed by atoms with Crippen LogP contribution in [-0.4, -0.2) is 30.3 Å². The smallest absolute Gasteiger partial charge is 0.273 e. The number of aromatic amines is 1. The molecule has 0 aliphatic carbocycles. The maximum absolute atomic E-state index is 12.7. The van der Waals surface area contributed by atoms with Crippen molar-refractivity contribution in [2.45, 2.75) is 0 Å². The number of nitrogens with one attached hydrogen (secondary N) is 2. The number of rotatable bonds is 5. The van der Waals surface area contributed by atoms with E-state index >= 15 is 0 Å². The van der Waals surface area contributed by atoms with Crippen molar-refractivity contribution < 1.29 is 14.3 Å². The summed E-state index contributed by atoms with van der Waals surface area (Å²) in [5.41, 5.74) is 2.39. The molecule has 1 amide bonds. The van der Waals surface area contributed by atoms with Gasteiger partial charge in [-0.25, -0.2) is 0 Å². The maximum atomic E-state index is 12.7. The number of anilines is 1. The average molecular weight is 408 g/mol. The number of hydrogen-bond donors (Lipinski definition) is 2. The summed E-state index contributed by atoms with van der Waals surface area (Å²) in [5, 5.41) is 12.5. The molecule has 3 aromatic carbocycles. The monoisotopic (exact) mass is 407 g/mol. The summed E-state index contributed by atoms with van der Waals surface area (Å²) in [5.74, 6) is 0.540. The number of hydrogen-bond acceptors (Lipinski definition) is 4. The second-order valence-electron chi connectivity index (χ2n) is 6.33. The molecule has 1 heterocycles. The van der Waals surface area contributed by atoms with Crippen molar-refractivity contribution in [2.75, 3.05) is 19.5 Å². The molecule has 0 fully saturated rings. The van der Waals surface area contributed by atoms with Gasteiger partial charge in [-0.1, -0.05) is 54.1 Å². The van der Waals surface area contributed by atoms with Gasteiger partial charge in [0.25, 0.3) is 5.91 Å². The second-order valence-corrected chi connectivity index (χ2v) is 6.74. The highest BCUT2D eigenvalue weighted by Gasteiger charge is 2.16. The SMILES string of the molecule is COc1cc(OC)c(NC(=O)c2cc(-c3cccc4ccccc34)n[nH]2)cc1Cl. The van der Waals surface area contributed by atoms with E-state index in [1.165, 1.54) is 14.2 Å². The van der Waals surface area contributed by atoms with Crippen LogP contribution >= 0.6 is 11.6 Å². The Balaban J connectivity index is 1.63. The van der Waals surface area contributed by atoms with Crippen molar-refractivity contribution in [1.82, 2.24) is 10.2 Å². The second kappa shape index (κ2) is 7.85. The molecule has 6 nitrogen and oxygen atoms in total. The van der Waals surface area contributed by atoms with Crippen molar-refractivity contribution in [1.29, 1.82) is 0 Å². The van der Waals surface area contributed by atoms with Crippen molar-refractivity contribution in [3.8, 4) is 22.8 Å². The van der Waals surface area contributed by atoms with Gasteiger partial charge in [-0.3, -0.25) is 9.89 Å². The zero-order chi connectivity index (χ0) is 20.4. The predicted octanol–water partition coefficient (Wildman–Crippen LogP) is 5.15. The molecule has 2 N–H and O–H groups in total. The van der Waals surface area contributed by atoms with Crippen LogP contribution in [0, 0.1) is 0 Å². The third kappa shape index (κ3) is 3.62. The zero-order valence-electron chi connectivity index (χ0n) is 15.8. The Labute approximate surface area is 172 Å². The normalized spacial score (nSPS) is 10.7. The molecule has 4 rings (SSSR count). The fourth-order valence-corrected chi connectivity index (χ4v) is 3.41. The zero-order valence-corrected chi connectivity index (χ0v) is 16.6. The molecule has 0 aliphatic heterocycles. The molecule has 29 heavy (non-hydrogen) atoms. The molecule has 0 spiro atoms. The van der Waals surface area contributed by atoms with Crippen molar-refractivity contribution in [3.63, 3.8) is 0 Å². The number of benzene rings is 3. The summed E-state index contributed by atoms with van der Waals surface area (Å²) in [4.78, 5) is 12.7. The fraction of sp³-hybridized carbons (Fsp3) is 0.0909. The van der Waals surface area contributed by atoms with Gasteiger partial charge in [-0.2, -0.15) is 5.10 Å². The van der Waals surface area contributed by atoms with E-state index in [0.717, 1.165) is 16.3 Å². The third-order valence-electron chi connectivity index (χ3n) is 4.61. The number of amides is 1. The molecule has 0 aliphatic rings. The van der Waals surface area contributed by atoms with E-state index in [1.807, 2.05) is 42.5 Å². The first-order chi connectivity index (χ1) is 14.1. The first-order valence-corrected chi connectivity index (χ1v) is 9.25. The number of carbonyl (C=O) groups is 1. The summed E-state index contributed by atoms with van der Waals surface area (Å²) < 4.78 is 10.5. The van der Waals surface area contributed by atoms with Crippen LogP contribution in [0.1, 0.15) is 10.5 Å². The van der Waals surface area contributed by atoms with Crippen LogP contribution in [0.3, 0.4) is 0 Å². The molecule has 4 aromatic rings. The Morgan fingerprint density at radius 1 is 1.00 bits per heavy atom. The minimum absolute atomic E-state index is 0.321. The molecule has 0 saturated carbocycles. The number of ether oxygens (including phenoxy) is 2. The van der Waals surface area contributed by atoms with Crippen LogP contribution in [0.2, 0.25) is 5.02 Å². The van der Waals surface area contributed by atoms with E-state index < -0.39 is 0 Å². The number of carbonyl (C=O) groups excluding carboxylic acids is 1. The van der Waals surface area contributed by atoms with Gasteiger partial charge < -0.3 is 14.8 Å². The number of aromatic nitrogens is 2. The maximum Gasteiger partial charge on any atom is 0.273 e. The molecule has 0 saturated heterocycles. The van der Waals surface area contributed by atoms with Gasteiger partial charge in [0.2, 0.25) is 0 Å². The van der Waals surface area contributed by atoms with Crippen LogP contribution < -0.4 is 14.8 Å². The van der Waals surface area contributed by atoms with Crippen molar-refractivity contribution in [2.24, 2.45) is 0 Å². The number of nitrogens with zero attached hydrogens (tertiary/aromatic N) is 1. The molecular weight excluding hydrogens is 390 g/mol. The number of fused-ring (bicyclic) bond motifs is 1. The highest BCUT2D eigenvalue weighted by Crippen LogP contribution is 2.36. The van der Waals surface area contributed by atoms with Gasteiger partial charge in [-0.05, 0) is 22.9 Å². The Bertz CT molecular complexity index is 1200. The lowest BCUT2D eigenvalue weighted by molar-refractivity contribution is 0.102. The summed E-state index contributed by atoms with van der Waals surface area (Å²) >= 11 is 6.18. The molecule has 1 aromatic heterocycles. The molecule has 0 bridgehead atoms. The van der Waals surface area contributed by atoms with Gasteiger partial charge in [-0.15, -0.1) is 0 Å². The van der Waals surface area contributed by atoms with Crippen LogP contribution in [0.5, 0.6) is 11.5 Å². The van der Waals surface area contributed by atoms with Crippen LogP contribution in [-0.2, 0) is 0 Å². The average Bonchev–Trinajstić information content (AvgIpc) is 3.24. The molecule has 146 valence electrons. The Kier molecular flexibility index (Phi) is 5.10. The first kappa shape index (κ1) is 18.8. The lowest BCUT2D eigenvalue weighted by atomic mass is 10.0. The summed E-state index contributed by atoms with van der Waals surface area (Å²) in [6, 6.07) is 18.9. The van der Waals surface area contributed by atoms with Crippen LogP contribution in [0.4, 0.5) is 5.69 Å². The van der Waals surface area contributed by atoms with Crippen molar-refractivity contribution >= 4 is 34.0 Å². The number of H-pyrrole nitrogens is 1. The van der Waals surface area contributed by atoms with Crippen LogP contribution in [0.25, 0.3) is 22.0 Å². The van der Waals surface area contributed by atoms with Crippen LogP contribution in [0.15, 0.2) is 60.7 Å². The highest BCUT2D eigenvalue weighted by atomic mass is 35.5. The highest BCUT2D eigenvalue weighted by molar-refractivity contribution is 6.32. The summed E-state index contributed by atoms with van der Waals surface area (Å²) in [6.07, 6.45) is 0. The van der Waals surface area contributed by atoms with E-state index in [4.69, 9.17) is 21.1 Å².